The van der Waals surface area contributed by atoms with Gasteiger partial charge in [0.15, 0.2) is 16.7 Å². The van der Waals surface area contributed by atoms with Crippen molar-refractivity contribution in [3.8, 4) is 11.6 Å². The van der Waals surface area contributed by atoms with Gasteiger partial charge in [-0.3, -0.25) is 5.32 Å². The maximum absolute atomic E-state index is 13.7. The number of aromatic nitrogens is 2. The fourth-order valence-corrected chi connectivity index (χ4v) is 2.29. The molecular weight excluding hydrogens is 338 g/mol. The molecule has 2 amide bonds. The fourth-order valence-electron chi connectivity index (χ4n) is 1.77. The van der Waals surface area contributed by atoms with Crippen LogP contribution in [0, 0.1) is 11.6 Å². The van der Waals surface area contributed by atoms with Crippen LogP contribution < -0.4 is 15.4 Å². The predicted octanol–water partition coefficient (Wildman–Crippen LogP) is 4.25. The van der Waals surface area contributed by atoms with E-state index in [0.29, 0.717) is 11.2 Å². The highest BCUT2D eigenvalue weighted by molar-refractivity contribution is 7.13. The van der Waals surface area contributed by atoms with Crippen molar-refractivity contribution >= 4 is 28.2 Å². The van der Waals surface area contributed by atoms with Crippen molar-refractivity contribution in [3.63, 3.8) is 0 Å². The van der Waals surface area contributed by atoms with Crippen LogP contribution in [0.4, 0.5) is 24.4 Å². The van der Waals surface area contributed by atoms with E-state index in [4.69, 9.17) is 4.74 Å². The number of halogens is 2. The third-order valence-electron chi connectivity index (χ3n) is 2.77. The second-order valence-corrected chi connectivity index (χ2v) is 5.34. The molecule has 2 heterocycles. The highest BCUT2D eigenvalue weighted by Crippen LogP contribution is 2.29. The molecule has 3 aromatic rings. The zero-order valence-corrected chi connectivity index (χ0v) is 12.8. The van der Waals surface area contributed by atoms with Crippen molar-refractivity contribution < 1.29 is 18.3 Å². The van der Waals surface area contributed by atoms with Crippen LogP contribution >= 0.6 is 11.3 Å². The van der Waals surface area contributed by atoms with Crippen LogP contribution in [0.2, 0.25) is 0 Å². The molecule has 9 heteroatoms. The summed E-state index contributed by atoms with van der Waals surface area (Å²) in [6.07, 6.45) is 2.97. The number of hydrogen-bond donors (Lipinski definition) is 2. The molecule has 0 unspecified atom stereocenters. The van der Waals surface area contributed by atoms with E-state index in [0.717, 1.165) is 12.1 Å². The average molecular weight is 348 g/mol. The van der Waals surface area contributed by atoms with Gasteiger partial charge in [-0.1, -0.05) is 0 Å². The number of nitrogens with zero attached hydrogens (tertiary/aromatic N) is 2. The fraction of sp³-hybridized carbons (Fsp3) is 0. The van der Waals surface area contributed by atoms with Gasteiger partial charge >= 0.3 is 6.03 Å². The van der Waals surface area contributed by atoms with Gasteiger partial charge in [-0.15, -0.1) is 11.3 Å². The lowest BCUT2D eigenvalue weighted by molar-refractivity contribution is 0.262. The van der Waals surface area contributed by atoms with Gasteiger partial charge in [-0.05, 0) is 24.3 Å². The minimum atomic E-state index is -0.876. The Kier molecular flexibility index (Phi) is 4.62. The number of carbonyl (C=O) groups is 1. The molecule has 0 atom stereocenters. The van der Waals surface area contributed by atoms with Gasteiger partial charge < -0.3 is 10.1 Å². The molecule has 0 spiro atoms. The first kappa shape index (κ1) is 15.8. The van der Waals surface area contributed by atoms with Crippen molar-refractivity contribution in [2.75, 3.05) is 10.6 Å². The van der Waals surface area contributed by atoms with Crippen molar-refractivity contribution in [1.82, 2.24) is 9.97 Å². The Labute approximate surface area is 139 Å². The molecule has 0 saturated heterocycles. The molecule has 0 radical (unpaired) electrons. The van der Waals surface area contributed by atoms with Gasteiger partial charge in [0.2, 0.25) is 5.88 Å². The van der Waals surface area contributed by atoms with Crippen LogP contribution in [0.3, 0.4) is 0 Å². The lowest BCUT2D eigenvalue weighted by Gasteiger charge is -2.11. The van der Waals surface area contributed by atoms with E-state index in [2.05, 4.69) is 20.6 Å². The highest BCUT2D eigenvalue weighted by atomic mass is 32.1. The summed E-state index contributed by atoms with van der Waals surface area (Å²) in [5.41, 5.74) is 0.218. The third kappa shape index (κ3) is 3.82. The number of hydrogen-bond acceptors (Lipinski definition) is 5. The molecule has 0 aliphatic rings. The minimum Gasteiger partial charge on any atom is -0.434 e. The van der Waals surface area contributed by atoms with Gasteiger partial charge in [0.05, 0.1) is 0 Å². The van der Waals surface area contributed by atoms with Crippen molar-refractivity contribution in [1.29, 1.82) is 0 Å². The summed E-state index contributed by atoms with van der Waals surface area (Å²) < 4.78 is 31.9. The largest absolute Gasteiger partial charge is 0.434 e. The van der Waals surface area contributed by atoms with Crippen LogP contribution in [-0.2, 0) is 0 Å². The first-order valence-corrected chi connectivity index (χ1v) is 7.55. The molecule has 0 saturated carbocycles. The van der Waals surface area contributed by atoms with Crippen molar-refractivity contribution in [2.24, 2.45) is 0 Å². The molecule has 3 rings (SSSR count). The first-order chi connectivity index (χ1) is 11.6. The lowest BCUT2D eigenvalue weighted by Crippen LogP contribution is -2.19. The molecule has 0 fully saturated rings. The molecule has 0 aliphatic heterocycles. The minimum absolute atomic E-state index is 0.0303. The molecular formula is C15H10F2N4O2S. The van der Waals surface area contributed by atoms with Gasteiger partial charge in [0.25, 0.3) is 0 Å². The number of rotatable bonds is 4. The molecule has 6 nitrogen and oxygen atoms in total. The maximum Gasteiger partial charge on any atom is 0.325 e. The van der Waals surface area contributed by atoms with E-state index >= 15 is 0 Å². The summed E-state index contributed by atoms with van der Waals surface area (Å²) in [5, 5.41) is 7.20. The van der Waals surface area contributed by atoms with Gasteiger partial charge in [0.1, 0.15) is 11.5 Å². The Balaban J connectivity index is 1.76. The van der Waals surface area contributed by atoms with Gasteiger partial charge in [-0.25, -0.2) is 23.5 Å². The highest BCUT2D eigenvalue weighted by Gasteiger charge is 2.13. The van der Waals surface area contributed by atoms with Crippen LogP contribution in [0.25, 0.3) is 0 Å². The Bertz CT molecular complexity index is 858. The maximum atomic E-state index is 13.7. The molecule has 0 aliphatic carbocycles. The SMILES string of the molecule is O=C(Nc1nccs1)Nc1cccnc1Oc1ccc(F)cc1F. The Morgan fingerprint density at radius 1 is 1.12 bits per heavy atom. The van der Waals surface area contributed by atoms with Gasteiger partial charge in [0, 0.05) is 23.8 Å². The van der Waals surface area contributed by atoms with Crippen molar-refractivity contribution in [3.05, 3.63) is 59.7 Å². The zero-order valence-electron chi connectivity index (χ0n) is 12.0. The monoisotopic (exact) mass is 348 g/mol. The van der Waals surface area contributed by atoms with E-state index in [-0.39, 0.29) is 17.3 Å². The summed E-state index contributed by atoms with van der Waals surface area (Å²) >= 11 is 1.26. The smallest absolute Gasteiger partial charge is 0.325 e. The zero-order chi connectivity index (χ0) is 16.9. The van der Waals surface area contributed by atoms with Crippen LogP contribution in [-0.4, -0.2) is 16.0 Å². The number of amides is 2. The molecule has 0 bridgehead atoms. The molecule has 2 aromatic heterocycles. The Morgan fingerprint density at radius 2 is 2.00 bits per heavy atom. The lowest BCUT2D eigenvalue weighted by atomic mass is 10.3. The Morgan fingerprint density at radius 3 is 2.75 bits per heavy atom. The number of urea groups is 1. The average Bonchev–Trinajstić information content (AvgIpc) is 3.04. The number of benzene rings is 1. The second kappa shape index (κ2) is 7.01. The number of carbonyl (C=O) groups excluding carboxylic acids is 1. The van der Waals surface area contributed by atoms with Crippen LogP contribution in [0.1, 0.15) is 0 Å². The number of pyridine rings is 1. The summed E-state index contributed by atoms with van der Waals surface area (Å²) in [6, 6.07) is 5.45. The van der Waals surface area contributed by atoms with E-state index in [1.54, 1.807) is 17.6 Å². The number of nitrogens with one attached hydrogen (secondary N) is 2. The van der Waals surface area contributed by atoms with E-state index in [9.17, 15) is 13.6 Å². The molecule has 1 aromatic carbocycles. The van der Waals surface area contributed by atoms with E-state index in [1.807, 2.05) is 0 Å². The quantitative estimate of drug-likeness (QED) is 0.739. The summed E-state index contributed by atoms with van der Waals surface area (Å²) in [4.78, 5) is 19.8. The predicted molar refractivity (Wildman–Crippen MR) is 85.4 cm³/mol. The van der Waals surface area contributed by atoms with Crippen LogP contribution in [0.5, 0.6) is 11.6 Å². The number of ether oxygens (including phenoxy) is 1. The topological polar surface area (TPSA) is 76.1 Å². The number of anilines is 2. The first-order valence-electron chi connectivity index (χ1n) is 6.67. The van der Waals surface area contributed by atoms with E-state index < -0.39 is 17.7 Å². The standard InChI is InChI=1S/C15H10F2N4O2S/c16-9-3-4-12(10(17)8-9)23-13-11(2-1-5-18-13)20-14(22)21-15-19-6-7-24-15/h1-8H,(H2,19,20,21,22). The van der Waals surface area contributed by atoms with Crippen LogP contribution in [0.15, 0.2) is 48.1 Å². The van der Waals surface area contributed by atoms with E-state index in [1.165, 1.54) is 23.6 Å². The second-order valence-electron chi connectivity index (χ2n) is 4.45. The molecule has 122 valence electrons. The van der Waals surface area contributed by atoms with Crippen molar-refractivity contribution in [2.45, 2.75) is 0 Å². The molecule has 2 N–H and O–H groups in total. The number of thiazole rings is 1. The summed E-state index contributed by atoms with van der Waals surface area (Å²) in [5.74, 6) is -1.84. The Hall–Kier alpha value is -3.07. The van der Waals surface area contributed by atoms with Gasteiger partial charge in [-0.2, -0.15) is 0 Å². The summed E-state index contributed by atoms with van der Waals surface area (Å²) in [7, 11) is 0. The summed E-state index contributed by atoms with van der Waals surface area (Å²) in [6.45, 7) is 0. The normalized spacial score (nSPS) is 10.2. The molecule has 24 heavy (non-hydrogen) atoms. The third-order valence-corrected chi connectivity index (χ3v) is 3.46.